The first-order chi connectivity index (χ1) is 22.8. The van der Waals surface area contributed by atoms with Crippen LogP contribution in [0.15, 0.2) is 82.0 Å². The van der Waals surface area contributed by atoms with E-state index in [9.17, 15) is 20.1 Å². The summed E-state index contributed by atoms with van der Waals surface area (Å²) in [5.74, 6) is -3.32. The monoisotopic (exact) mass is 670 g/mol. The summed E-state index contributed by atoms with van der Waals surface area (Å²) in [4.78, 5) is 45.8. The van der Waals surface area contributed by atoms with Crippen LogP contribution >= 0.6 is 0 Å². The van der Waals surface area contributed by atoms with Gasteiger partial charge in [0.15, 0.2) is 28.8 Å². The van der Waals surface area contributed by atoms with Gasteiger partial charge in [-0.05, 0) is 143 Å². The molecule has 2 fully saturated rings. The lowest BCUT2D eigenvalue weighted by molar-refractivity contribution is -0.178. The third-order valence-electron chi connectivity index (χ3n) is 10.8. The molecule has 3 rings (SSSR count). The van der Waals surface area contributed by atoms with E-state index < -0.39 is 50.6 Å². The molecule has 266 valence electrons. The zero-order valence-corrected chi connectivity index (χ0v) is 31.4. The molecule has 1 aromatic rings. The molecule has 4 atom stereocenters. The van der Waals surface area contributed by atoms with Crippen molar-refractivity contribution in [2.75, 3.05) is 0 Å². The first kappa shape index (κ1) is 39.5. The summed E-state index contributed by atoms with van der Waals surface area (Å²) in [6.45, 7) is 20.2. The minimum atomic E-state index is -1.63. The van der Waals surface area contributed by atoms with Gasteiger partial charge in [-0.15, -0.1) is 0 Å². The second kappa shape index (κ2) is 15.7. The molecule has 0 heterocycles. The van der Waals surface area contributed by atoms with Crippen molar-refractivity contribution < 1.29 is 29.7 Å². The van der Waals surface area contributed by atoms with Crippen LogP contribution in [-0.2, 0) is 14.4 Å². The molecule has 0 saturated heterocycles. The molecule has 2 aliphatic rings. The van der Waals surface area contributed by atoms with Gasteiger partial charge in [-0.1, -0.05) is 65.2 Å². The molecule has 1 aromatic carbocycles. The summed E-state index contributed by atoms with van der Waals surface area (Å²) >= 11 is 0. The Labute approximate surface area is 294 Å². The number of aliphatic hydroxyl groups excluding tert-OH is 1. The van der Waals surface area contributed by atoms with Gasteiger partial charge in [-0.2, -0.15) is 0 Å². The number of allylic oxidation sites excluding steroid dienone is 11. The van der Waals surface area contributed by atoms with E-state index in [1.165, 1.54) is 17.7 Å². The first-order valence-electron chi connectivity index (χ1n) is 17.6. The van der Waals surface area contributed by atoms with Crippen molar-refractivity contribution >= 4 is 23.1 Å². The van der Waals surface area contributed by atoms with Crippen molar-refractivity contribution in [1.82, 2.24) is 0 Å². The first-order valence-corrected chi connectivity index (χ1v) is 17.6. The Kier molecular flexibility index (Phi) is 12.7. The lowest BCUT2D eigenvalue weighted by Gasteiger charge is -2.61. The predicted octanol–water partition coefficient (Wildman–Crippen LogP) is 10.6. The standard InChI is InChI=1S/C43H58O6/c1-27(2)13-11-15-31(9)21-23-42-26-33(18-16-29(5)6)41(10,22-12-14-28(3)4)43(40(42)49,24-20-30(7)8)39(48)36(38(42)47)37(46)32-17-19-34(44)35(45)25-32/h13-14,16-17,19-21,25,33,44-46H,11-12,15,18,22-24,26H2,1-10H3/b31-21+,37-36-/t33-,41?,42+,43-/m1/s1. The van der Waals surface area contributed by atoms with Crippen molar-refractivity contribution in [3.05, 3.63) is 87.6 Å². The molecule has 2 aliphatic carbocycles. The van der Waals surface area contributed by atoms with Crippen LogP contribution in [-0.4, -0.2) is 32.7 Å². The Morgan fingerprint density at radius 3 is 1.92 bits per heavy atom. The second-order valence-electron chi connectivity index (χ2n) is 15.6. The number of rotatable bonds is 13. The van der Waals surface area contributed by atoms with Crippen LogP contribution in [0, 0.1) is 22.2 Å². The number of Topliss-reactive ketones (excluding diaryl/α,β-unsaturated/α-hetero) is 3. The zero-order valence-electron chi connectivity index (χ0n) is 31.4. The van der Waals surface area contributed by atoms with Crippen LogP contribution in [0.4, 0.5) is 0 Å². The topological polar surface area (TPSA) is 112 Å². The maximum absolute atomic E-state index is 15.5. The van der Waals surface area contributed by atoms with Gasteiger partial charge in [-0.25, -0.2) is 0 Å². The second-order valence-corrected chi connectivity index (χ2v) is 15.6. The van der Waals surface area contributed by atoms with E-state index in [-0.39, 0.29) is 36.5 Å². The van der Waals surface area contributed by atoms with Crippen LogP contribution in [0.2, 0.25) is 0 Å². The molecule has 49 heavy (non-hydrogen) atoms. The molecule has 1 unspecified atom stereocenters. The van der Waals surface area contributed by atoms with E-state index in [0.717, 1.165) is 41.2 Å². The highest BCUT2D eigenvalue weighted by Crippen LogP contribution is 2.67. The van der Waals surface area contributed by atoms with E-state index >= 15 is 9.59 Å². The highest BCUT2D eigenvalue weighted by molar-refractivity contribution is 6.41. The number of hydrogen-bond acceptors (Lipinski definition) is 6. The molecular formula is C43H58O6. The molecular weight excluding hydrogens is 612 g/mol. The van der Waals surface area contributed by atoms with Crippen LogP contribution in [0.25, 0.3) is 5.76 Å². The van der Waals surface area contributed by atoms with Gasteiger partial charge in [0, 0.05) is 5.56 Å². The highest BCUT2D eigenvalue weighted by Gasteiger charge is 2.74. The third-order valence-corrected chi connectivity index (χ3v) is 10.8. The molecule has 2 saturated carbocycles. The number of aliphatic hydroxyl groups is 1. The van der Waals surface area contributed by atoms with E-state index in [2.05, 4.69) is 32.1 Å². The lowest BCUT2D eigenvalue weighted by Crippen LogP contribution is -2.70. The maximum Gasteiger partial charge on any atom is 0.184 e. The van der Waals surface area contributed by atoms with Crippen molar-refractivity contribution in [2.24, 2.45) is 22.2 Å². The van der Waals surface area contributed by atoms with Crippen LogP contribution in [0.1, 0.15) is 126 Å². The predicted molar refractivity (Wildman–Crippen MR) is 199 cm³/mol. The zero-order chi connectivity index (χ0) is 36.9. The fourth-order valence-corrected chi connectivity index (χ4v) is 7.78. The Hall–Kier alpha value is -3.93. The highest BCUT2D eigenvalue weighted by atomic mass is 16.3. The van der Waals surface area contributed by atoms with Crippen molar-refractivity contribution in [1.29, 1.82) is 0 Å². The van der Waals surface area contributed by atoms with Gasteiger partial charge in [0.1, 0.15) is 16.7 Å². The summed E-state index contributed by atoms with van der Waals surface area (Å²) in [5, 5.41) is 32.1. The number of hydrogen-bond donors (Lipinski definition) is 3. The van der Waals surface area contributed by atoms with Gasteiger partial charge in [0.25, 0.3) is 0 Å². The minimum Gasteiger partial charge on any atom is -0.506 e. The molecule has 0 aromatic heterocycles. The fourth-order valence-electron chi connectivity index (χ4n) is 7.78. The fraction of sp³-hybridized carbons (Fsp3) is 0.512. The SMILES string of the molecule is CC(C)=CCC/C(C)=C/C[C@]12C[C@@H](CC=C(C)C)C(C)(CCC=C(C)C)[C@](CC=C(C)C)(C(=O)/C(=C(\O)c3ccc(O)c(O)c3)C1=O)C2=O. The number of carbonyl (C=O) groups is 3. The van der Waals surface area contributed by atoms with Crippen molar-refractivity contribution in [3.8, 4) is 11.5 Å². The molecule has 0 radical (unpaired) electrons. The number of ketones is 3. The molecule has 2 bridgehead atoms. The number of phenols is 2. The maximum atomic E-state index is 15.5. The van der Waals surface area contributed by atoms with E-state index in [1.807, 2.05) is 67.5 Å². The summed E-state index contributed by atoms with van der Waals surface area (Å²) in [6, 6.07) is 3.70. The third kappa shape index (κ3) is 7.95. The normalized spacial score (nSPS) is 26.2. The Morgan fingerprint density at radius 1 is 0.755 bits per heavy atom. The van der Waals surface area contributed by atoms with Gasteiger partial charge in [0.05, 0.1) is 5.41 Å². The van der Waals surface area contributed by atoms with Crippen molar-refractivity contribution in [3.63, 3.8) is 0 Å². The van der Waals surface area contributed by atoms with Crippen molar-refractivity contribution in [2.45, 2.75) is 121 Å². The lowest BCUT2D eigenvalue weighted by atomic mass is 9.37. The quantitative estimate of drug-likeness (QED) is 0.0481. The summed E-state index contributed by atoms with van der Waals surface area (Å²) < 4.78 is 0. The number of fused-ring (bicyclic) bond motifs is 2. The Bertz CT molecular complexity index is 1650. The number of benzene rings is 1. The molecule has 6 heteroatoms. The average Bonchev–Trinajstić information content (AvgIpc) is 3.00. The molecule has 0 amide bonds. The van der Waals surface area contributed by atoms with Crippen LogP contribution < -0.4 is 0 Å². The van der Waals surface area contributed by atoms with Gasteiger partial charge in [-0.3, -0.25) is 14.4 Å². The molecule has 3 N–H and O–H groups in total. The van der Waals surface area contributed by atoms with E-state index in [4.69, 9.17) is 0 Å². The summed E-state index contributed by atoms with van der Waals surface area (Å²) in [6.07, 6.45) is 14.3. The summed E-state index contributed by atoms with van der Waals surface area (Å²) in [5.41, 5.74) is 1.06. The van der Waals surface area contributed by atoms with Gasteiger partial charge in [0.2, 0.25) is 0 Å². The van der Waals surface area contributed by atoms with Crippen LogP contribution in [0.5, 0.6) is 11.5 Å². The Morgan fingerprint density at radius 2 is 1.35 bits per heavy atom. The average molecular weight is 671 g/mol. The number of aromatic hydroxyl groups is 2. The van der Waals surface area contributed by atoms with Crippen LogP contribution in [0.3, 0.4) is 0 Å². The molecule has 0 aliphatic heterocycles. The summed E-state index contributed by atoms with van der Waals surface area (Å²) in [7, 11) is 0. The minimum absolute atomic E-state index is 0.0210. The largest absolute Gasteiger partial charge is 0.506 e. The molecule has 6 nitrogen and oxygen atoms in total. The Balaban J connectivity index is 2.47. The van der Waals surface area contributed by atoms with Gasteiger partial charge < -0.3 is 15.3 Å². The van der Waals surface area contributed by atoms with E-state index in [1.54, 1.807) is 0 Å². The number of phenolic OH excluding ortho intramolecular Hbond substituents is 2. The number of carbonyl (C=O) groups excluding carboxylic acids is 3. The molecule has 0 spiro atoms. The van der Waals surface area contributed by atoms with E-state index in [0.29, 0.717) is 19.3 Å². The smallest absolute Gasteiger partial charge is 0.184 e. The van der Waals surface area contributed by atoms with Gasteiger partial charge >= 0.3 is 0 Å².